The molecule has 0 aliphatic heterocycles. The maximum absolute atomic E-state index is 12.8. The number of anilines is 1. The van der Waals surface area contributed by atoms with Crippen molar-refractivity contribution in [3.8, 4) is 0 Å². The van der Waals surface area contributed by atoms with Gasteiger partial charge in [-0.25, -0.2) is 9.78 Å². The summed E-state index contributed by atoms with van der Waals surface area (Å²) < 4.78 is 0. The number of aromatic nitrogens is 3. The van der Waals surface area contributed by atoms with Gasteiger partial charge >= 0.3 is 5.97 Å². The lowest BCUT2D eigenvalue weighted by Crippen LogP contribution is -2.11. The van der Waals surface area contributed by atoms with Gasteiger partial charge in [0.1, 0.15) is 5.65 Å². The molecule has 0 radical (unpaired) electrons. The number of benzene rings is 2. The average Bonchev–Trinajstić information content (AvgIpc) is 3.42. The Morgan fingerprint density at radius 2 is 1.72 bits per heavy atom. The van der Waals surface area contributed by atoms with Crippen LogP contribution >= 0.6 is 0 Å². The largest absolute Gasteiger partial charge is 0.478 e. The van der Waals surface area contributed by atoms with Gasteiger partial charge in [0.2, 0.25) is 0 Å². The number of carbonyl (C=O) groups excluding carboxylic acids is 1. The lowest BCUT2D eigenvalue weighted by atomic mass is 10.0. The van der Waals surface area contributed by atoms with Gasteiger partial charge in [-0.1, -0.05) is 48.5 Å². The van der Waals surface area contributed by atoms with E-state index in [-0.39, 0.29) is 11.5 Å². The number of amides is 1. The van der Waals surface area contributed by atoms with Crippen molar-refractivity contribution in [2.45, 2.75) is 0 Å². The van der Waals surface area contributed by atoms with Crippen molar-refractivity contribution >= 4 is 51.1 Å². The molecular weight excluding hydrogens is 404 g/mol. The average molecular weight is 422 g/mol. The predicted octanol–water partition coefficient (Wildman–Crippen LogP) is 4.92. The summed E-state index contributed by atoms with van der Waals surface area (Å²) in [5.41, 5.74) is 3.96. The third-order valence-electron chi connectivity index (χ3n) is 5.27. The molecule has 3 aromatic heterocycles. The minimum absolute atomic E-state index is 0.166. The van der Waals surface area contributed by atoms with Gasteiger partial charge in [-0.2, -0.15) is 0 Å². The van der Waals surface area contributed by atoms with Crippen molar-refractivity contribution in [3.63, 3.8) is 0 Å². The van der Waals surface area contributed by atoms with E-state index in [1.807, 2.05) is 30.3 Å². The molecule has 4 N–H and O–H groups in total. The fourth-order valence-corrected chi connectivity index (χ4v) is 3.71. The molecule has 32 heavy (non-hydrogen) atoms. The highest BCUT2D eigenvalue weighted by Crippen LogP contribution is 2.26. The molecule has 5 aromatic rings. The number of aliphatic carboxylic acids is 1. The highest BCUT2D eigenvalue weighted by Gasteiger charge is 2.15. The zero-order chi connectivity index (χ0) is 22.1. The van der Waals surface area contributed by atoms with Gasteiger partial charge in [-0.05, 0) is 23.8 Å². The van der Waals surface area contributed by atoms with Gasteiger partial charge in [0.15, 0.2) is 0 Å². The molecule has 2 aromatic carbocycles. The van der Waals surface area contributed by atoms with E-state index in [0.29, 0.717) is 33.4 Å². The van der Waals surface area contributed by atoms with Crippen molar-refractivity contribution in [2.75, 3.05) is 5.32 Å². The van der Waals surface area contributed by atoms with Crippen LogP contribution in [-0.4, -0.2) is 31.9 Å². The second-order valence-corrected chi connectivity index (χ2v) is 7.30. The maximum atomic E-state index is 12.8. The molecule has 0 aliphatic carbocycles. The molecule has 0 bridgehead atoms. The van der Waals surface area contributed by atoms with E-state index in [1.165, 1.54) is 0 Å². The first-order chi connectivity index (χ1) is 15.6. The van der Waals surface area contributed by atoms with E-state index < -0.39 is 5.97 Å². The summed E-state index contributed by atoms with van der Waals surface area (Å²) in [6, 6.07) is 18.3. The van der Waals surface area contributed by atoms with Crippen molar-refractivity contribution in [1.82, 2.24) is 15.0 Å². The number of aromatic amines is 2. The normalized spacial score (nSPS) is 11.7. The highest BCUT2D eigenvalue weighted by atomic mass is 16.4. The third-order valence-corrected chi connectivity index (χ3v) is 5.27. The first kappa shape index (κ1) is 19.3. The second kappa shape index (κ2) is 7.88. The Bertz CT molecular complexity index is 1500. The van der Waals surface area contributed by atoms with Crippen molar-refractivity contribution < 1.29 is 14.7 Å². The molecule has 0 saturated heterocycles. The zero-order valence-corrected chi connectivity index (χ0v) is 16.8. The van der Waals surface area contributed by atoms with Crippen LogP contribution in [0.25, 0.3) is 33.6 Å². The van der Waals surface area contributed by atoms with Gasteiger partial charge < -0.3 is 20.4 Å². The Morgan fingerprint density at radius 1 is 0.938 bits per heavy atom. The number of nitrogens with one attached hydrogen (secondary N) is 3. The summed E-state index contributed by atoms with van der Waals surface area (Å²) in [4.78, 5) is 35.2. The van der Waals surface area contributed by atoms with Crippen molar-refractivity contribution in [2.24, 2.45) is 0 Å². The molecule has 0 spiro atoms. The van der Waals surface area contributed by atoms with Crippen LogP contribution in [0.15, 0.2) is 79.3 Å². The fraction of sp³-hybridized carbons (Fsp3) is 0. The molecule has 0 atom stereocenters. The van der Waals surface area contributed by atoms with E-state index >= 15 is 0 Å². The number of H-pyrrole nitrogens is 2. The lowest BCUT2D eigenvalue weighted by molar-refractivity contribution is -0.130. The number of carbonyl (C=O) groups is 2. The summed E-state index contributed by atoms with van der Waals surface area (Å²) in [5.74, 6) is -1.28. The van der Waals surface area contributed by atoms with Gasteiger partial charge in [-0.3, -0.25) is 4.79 Å². The first-order valence-electron chi connectivity index (χ1n) is 9.95. The van der Waals surface area contributed by atoms with Crippen LogP contribution in [0.5, 0.6) is 0 Å². The van der Waals surface area contributed by atoms with E-state index in [0.717, 1.165) is 10.9 Å². The summed E-state index contributed by atoms with van der Waals surface area (Å²) in [7, 11) is 0. The van der Waals surface area contributed by atoms with Crippen LogP contribution in [0.4, 0.5) is 5.69 Å². The minimum Gasteiger partial charge on any atom is -0.478 e. The van der Waals surface area contributed by atoms with Crippen LogP contribution in [0.2, 0.25) is 0 Å². The highest BCUT2D eigenvalue weighted by molar-refractivity contribution is 6.21. The Labute approximate surface area is 182 Å². The number of carboxylic acids is 1. The van der Waals surface area contributed by atoms with Crippen LogP contribution < -0.4 is 5.32 Å². The summed E-state index contributed by atoms with van der Waals surface area (Å²) in [5, 5.41) is 14.1. The lowest BCUT2D eigenvalue weighted by Gasteiger charge is -2.05. The molecule has 0 saturated carbocycles. The van der Waals surface area contributed by atoms with E-state index in [4.69, 9.17) is 0 Å². The molecular formula is C25H18N4O3. The Morgan fingerprint density at radius 3 is 2.53 bits per heavy atom. The van der Waals surface area contributed by atoms with Crippen LogP contribution in [-0.2, 0) is 4.79 Å². The molecule has 3 heterocycles. The van der Waals surface area contributed by atoms with E-state index in [1.54, 1.807) is 55.0 Å². The molecule has 1 amide bonds. The van der Waals surface area contributed by atoms with Gasteiger partial charge in [-0.15, -0.1) is 0 Å². The smallest absolute Gasteiger partial charge is 0.336 e. The SMILES string of the molecule is O=C(O)/C(=C/c1c[nH]c2ncc(NC(=O)c3c[nH]c4ccccc34)cc12)c1ccccc1. The monoisotopic (exact) mass is 422 g/mol. The molecule has 5 rings (SSSR count). The topological polar surface area (TPSA) is 111 Å². The van der Waals surface area contributed by atoms with Gasteiger partial charge in [0.05, 0.1) is 23.0 Å². The number of fused-ring (bicyclic) bond motifs is 2. The third kappa shape index (κ3) is 3.52. The van der Waals surface area contributed by atoms with Crippen molar-refractivity contribution in [3.05, 3.63) is 95.9 Å². The number of nitrogens with zero attached hydrogens (tertiary/aromatic N) is 1. The van der Waals surface area contributed by atoms with E-state index in [9.17, 15) is 14.7 Å². The number of hydrogen-bond donors (Lipinski definition) is 4. The van der Waals surface area contributed by atoms with Gasteiger partial charge in [0.25, 0.3) is 5.91 Å². The zero-order valence-electron chi connectivity index (χ0n) is 16.8. The minimum atomic E-state index is -1.03. The predicted molar refractivity (Wildman–Crippen MR) is 124 cm³/mol. The molecule has 7 nitrogen and oxygen atoms in total. The molecule has 0 aliphatic rings. The molecule has 156 valence electrons. The Hall–Kier alpha value is -4.65. The maximum Gasteiger partial charge on any atom is 0.336 e. The van der Waals surface area contributed by atoms with Crippen LogP contribution in [0.3, 0.4) is 0 Å². The van der Waals surface area contributed by atoms with Crippen molar-refractivity contribution in [1.29, 1.82) is 0 Å². The quantitative estimate of drug-likeness (QED) is 0.301. The summed E-state index contributed by atoms with van der Waals surface area (Å²) in [6.45, 7) is 0. The first-order valence-corrected chi connectivity index (χ1v) is 9.95. The fourth-order valence-electron chi connectivity index (χ4n) is 3.71. The number of rotatable bonds is 5. The number of carboxylic acid groups (broad SMARTS) is 1. The summed E-state index contributed by atoms with van der Waals surface area (Å²) in [6.07, 6.45) is 6.54. The van der Waals surface area contributed by atoms with Crippen LogP contribution in [0, 0.1) is 0 Å². The number of pyridine rings is 1. The molecule has 0 unspecified atom stereocenters. The molecule has 7 heteroatoms. The van der Waals surface area contributed by atoms with E-state index in [2.05, 4.69) is 20.3 Å². The Kier molecular flexibility index (Phi) is 4.76. The Balaban J connectivity index is 1.50. The number of hydrogen-bond acceptors (Lipinski definition) is 3. The van der Waals surface area contributed by atoms with Gasteiger partial charge in [0, 0.05) is 34.2 Å². The van der Waals surface area contributed by atoms with Crippen LogP contribution in [0.1, 0.15) is 21.5 Å². The number of para-hydroxylation sites is 1. The second-order valence-electron chi connectivity index (χ2n) is 7.30. The molecule has 0 fully saturated rings. The summed E-state index contributed by atoms with van der Waals surface area (Å²) >= 11 is 0. The standard InChI is InChI=1S/C25H18N4O3/c30-24(21-14-26-22-9-5-4-8-18(21)22)29-17-11-19-16(12-27-23(19)28-13-17)10-20(25(31)32)15-6-2-1-3-7-15/h1-14,26H,(H,27,28)(H,29,30)(H,31,32)/b20-10+.